The first-order valence-corrected chi connectivity index (χ1v) is 7.29. The van der Waals surface area contributed by atoms with E-state index in [9.17, 15) is 4.79 Å². The summed E-state index contributed by atoms with van der Waals surface area (Å²) in [6.07, 6.45) is 3.39. The van der Waals surface area contributed by atoms with E-state index in [1.807, 2.05) is 18.7 Å². The van der Waals surface area contributed by atoms with Crippen LogP contribution in [0.3, 0.4) is 0 Å². The van der Waals surface area contributed by atoms with Crippen molar-refractivity contribution in [1.82, 2.24) is 20.4 Å². The molecular formula is C13H23N5O2. The molecule has 1 amide bonds. The van der Waals surface area contributed by atoms with Gasteiger partial charge in [0.05, 0.1) is 6.54 Å². The van der Waals surface area contributed by atoms with Gasteiger partial charge in [0, 0.05) is 13.1 Å². The highest BCUT2D eigenvalue weighted by Gasteiger charge is 2.23. The molecule has 7 nitrogen and oxygen atoms in total. The number of carbonyl (C=O) groups excluding carboxylic acids is 1. The molecule has 1 saturated heterocycles. The van der Waals surface area contributed by atoms with Gasteiger partial charge in [-0.1, -0.05) is 12.0 Å². The van der Waals surface area contributed by atoms with Gasteiger partial charge in [-0.3, -0.25) is 4.79 Å². The lowest BCUT2D eigenvalue weighted by Gasteiger charge is -2.29. The van der Waals surface area contributed by atoms with Gasteiger partial charge in [-0.15, -0.1) is 5.10 Å². The fourth-order valence-electron chi connectivity index (χ4n) is 2.25. The third kappa shape index (κ3) is 3.93. The highest BCUT2D eigenvalue weighted by atomic mass is 16.4. The van der Waals surface area contributed by atoms with Crippen molar-refractivity contribution in [2.45, 2.75) is 45.7 Å². The van der Waals surface area contributed by atoms with Crippen LogP contribution in [-0.4, -0.2) is 46.7 Å². The Bertz CT molecular complexity index is 428. The minimum atomic E-state index is -0.347. The van der Waals surface area contributed by atoms with Crippen LogP contribution in [0.15, 0.2) is 4.42 Å². The number of hydrogen-bond donors (Lipinski definition) is 2. The number of amides is 1. The van der Waals surface area contributed by atoms with Gasteiger partial charge in [-0.05, 0) is 32.7 Å². The first-order chi connectivity index (χ1) is 9.70. The predicted octanol–water partition coefficient (Wildman–Crippen LogP) is 0.992. The van der Waals surface area contributed by atoms with Crippen molar-refractivity contribution in [3.8, 4) is 0 Å². The molecule has 1 atom stereocenters. The van der Waals surface area contributed by atoms with Gasteiger partial charge in [0.25, 0.3) is 0 Å². The Kier molecular flexibility index (Phi) is 5.34. The lowest BCUT2D eigenvalue weighted by atomic mass is 10.1. The van der Waals surface area contributed by atoms with E-state index in [1.165, 1.54) is 6.42 Å². The third-order valence-electron chi connectivity index (χ3n) is 3.37. The van der Waals surface area contributed by atoms with E-state index in [-0.39, 0.29) is 11.9 Å². The number of aromatic nitrogens is 2. The Morgan fingerprint density at radius 1 is 1.35 bits per heavy atom. The summed E-state index contributed by atoms with van der Waals surface area (Å²) in [5.41, 5.74) is 0. The second-order valence-corrected chi connectivity index (χ2v) is 5.03. The second-order valence-electron chi connectivity index (χ2n) is 5.03. The SMILES string of the molecule is CCNCc1nnc(NC(C)C(=O)N2CCCCC2)o1. The van der Waals surface area contributed by atoms with E-state index in [0.717, 1.165) is 32.5 Å². The monoisotopic (exact) mass is 281 g/mol. The summed E-state index contributed by atoms with van der Waals surface area (Å²) in [5.74, 6) is 0.614. The Labute approximate surface area is 119 Å². The normalized spacial score (nSPS) is 17.0. The molecule has 1 aliphatic rings. The standard InChI is InChI=1S/C13H23N5O2/c1-3-14-9-11-16-17-13(20-11)15-10(2)12(19)18-7-5-4-6-8-18/h10,14H,3-9H2,1-2H3,(H,15,17). The topological polar surface area (TPSA) is 83.3 Å². The summed E-state index contributed by atoms with van der Waals surface area (Å²) in [4.78, 5) is 14.1. The van der Waals surface area contributed by atoms with Crippen LogP contribution in [0.4, 0.5) is 6.01 Å². The lowest BCUT2D eigenvalue weighted by molar-refractivity contribution is -0.132. The maximum atomic E-state index is 12.2. The van der Waals surface area contributed by atoms with Gasteiger partial charge in [0.1, 0.15) is 6.04 Å². The molecule has 2 N–H and O–H groups in total. The Balaban J connectivity index is 1.85. The molecule has 2 heterocycles. The molecule has 0 aliphatic carbocycles. The molecule has 112 valence electrons. The van der Waals surface area contributed by atoms with Crippen LogP contribution < -0.4 is 10.6 Å². The highest BCUT2D eigenvalue weighted by Crippen LogP contribution is 2.12. The van der Waals surface area contributed by atoms with Crippen LogP contribution in [-0.2, 0) is 11.3 Å². The van der Waals surface area contributed by atoms with Gasteiger partial charge in [0.2, 0.25) is 11.8 Å². The molecule has 0 saturated carbocycles. The predicted molar refractivity (Wildman–Crippen MR) is 75.2 cm³/mol. The minimum absolute atomic E-state index is 0.0936. The van der Waals surface area contributed by atoms with Crippen LogP contribution in [0.5, 0.6) is 0 Å². The number of piperidine rings is 1. The molecule has 7 heteroatoms. The molecular weight excluding hydrogens is 258 g/mol. The maximum Gasteiger partial charge on any atom is 0.316 e. The minimum Gasteiger partial charge on any atom is -0.407 e. The molecule has 1 fully saturated rings. The molecule has 1 unspecified atom stereocenters. The van der Waals surface area contributed by atoms with Gasteiger partial charge in [-0.2, -0.15) is 0 Å². The first-order valence-electron chi connectivity index (χ1n) is 7.29. The molecule has 0 bridgehead atoms. The fourth-order valence-corrected chi connectivity index (χ4v) is 2.25. The Hall–Kier alpha value is -1.63. The molecule has 0 radical (unpaired) electrons. The maximum absolute atomic E-state index is 12.2. The molecule has 0 spiro atoms. The van der Waals surface area contributed by atoms with E-state index in [1.54, 1.807) is 0 Å². The summed E-state index contributed by atoms with van der Waals surface area (Å²) in [6.45, 7) is 6.91. The number of carbonyl (C=O) groups is 1. The number of nitrogens with zero attached hydrogens (tertiary/aromatic N) is 3. The van der Waals surface area contributed by atoms with Crippen molar-refractivity contribution in [2.24, 2.45) is 0 Å². The summed E-state index contributed by atoms with van der Waals surface area (Å²) >= 11 is 0. The Morgan fingerprint density at radius 3 is 2.80 bits per heavy atom. The van der Waals surface area contributed by atoms with E-state index >= 15 is 0 Å². The van der Waals surface area contributed by atoms with Crippen LogP contribution in [0.25, 0.3) is 0 Å². The van der Waals surface area contributed by atoms with Crippen LogP contribution in [0, 0.1) is 0 Å². The van der Waals surface area contributed by atoms with Crippen molar-refractivity contribution >= 4 is 11.9 Å². The number of rotatable bonds is 6. The second kappa shape index (κ2) is 7.23. The highest BCUT2D eigenvalue weighted by molar-refractivity contribution is 5.83. The van der Waals surface area contributed by atoms with Crippen molar-refractivity contribution in [1.29, 1.82) is 0 Å². The molecule has 1 aliphatic heterocycles. The molecule has 1 aromatic rings. The van der Waals surface area contributed by atoms with Crippen LogP contribution in [0.1, 0.15) is 39.0 Å². The first kappa shape index (κ1) is 14.8. The molecule has 0 aromatic carbocycles. The summed E-state index contributed by atoms with van der Waals surface area (Å²) in [7, 11) is 0. The van der Waals surface area contributed by atoms with E-state index in [4.69, 9.17) is 4.42 Å². The van der Waals surface area contributed by atoms with Gasteiger partial charge in [-0.25, -0.2) is 0 Å². The van der Waals surface area contributed by atoms with Gasteiger partial charge < -0.3 is 20.0 Å². The van der Waals surface area contributed by atoms with Crippen molar-refractivity contribution in [3.05, 3.63) is 5.89 Å². The largest absolute Gasteiger partial charge is 0.407 e. The van der Waals surface area contributed by atoms with Gasteiger partial charge >= 0.3 is 6.01 Å². The van der Waals surface area contributed by atoms with Crippen LogP contribution >= 0.6 is 0 Å². The summed E-state index contributed by atoms with van der Waals surface area (Å²) in [5, 5.41) is 13.9. The van der Waals surface area contributed by atoms with Gasteiger partial charge in [0.15, 0.2) is 0 Å². The summed E-state index contributed by atoms with van der Waals surface area (Å²) in [6, 6.07) is -0.0451. The number of hydrogen-bond acceptors (Lipinski definition) is 6. The number of likely N-dealkylation sites (tertiary alicyclic amines) is 1. The third-order valence-corrected chi connectivity index (χ3v) is 3.37. The Morgan fingerprint density at radius 2 is 2.10 bits per heavy atom. The molecule has 1 aromatic heterocycles. The summed E-state index contributed by atoms with van der Waals surface area (Å²) < 4.78 is 5.43. The lowest BCUT2D eigenvalue weighted by Crippen LogP contribution is -2.43. The fraction of sp³-hybridized carbons (Fsp3) is 0.769. The van der Waals surface area contributed by atoms with Crippen molar-refractivity contribution in [2.75, 3.05) is 25.0 Å². The average Bonchev–Trinajstić information content (AvgIpc) is 2.92. The van der Waals surface area contributed by atoms with E-state index in [2.05, 4.69) is 20.8 Å². The smallest absolute Gasteiger partial charge is 0.316 e. The number of nitrogens with one attached hydrogen (secondary N) is 2. The molecule has 20 heavy (non-hydrogen) atoms. The molecule has 2 rings (SSSR count). The van der Waals surface area contributed by atoms with Crippen molar-refractivity contribution < 1.29 is 9.21 Å². The quantitative estimate of drug-likeness (QED) is 0.809. The zero-order valence-electron chi connectivity index (χ0n) is 12.2. The van der Waals surface area contributed by atoms with E-state index < -0.39 is 0 Å². The van der Waals surface area contributed by atoms with E-state index in [0.29, 0.717) is 18.5 Å². The number of anilines is 1. The van der Waals surface area contributed by atoms with Crippen molar-refractivity contribution in [3.63, 3.8) is 0 Å². The zero-order chi connectivity index (χ0) is 14.4. The van der Waals surface area contributed by atoms with Crippen LogP contribution in [0.2, 0.25) is 0 Å². The average molecular weight is 281 g/mol. The zero-order valence-corrected chi connectivity index (χ0v) is 12.2.